The number of sulfonamides is 1. The second-order valence-corrected chi connectivity index (χ2v) is 7.81. The van der Waals surface area contributed by atoms with Crippen molar-refractivity contribution in [3.8, 4) is 0 Å². The Morgan fingerprint density at radius 1 is 1.35 bits per heavy atom. The predicted octanol–water partition coefficient (Wildman–Crippen LogP) is 1.59. The lowest BCUT2D eigenvalue weighted by atomic mass is 10.1. The zero-order valence-electron chi connectivity index (χ0n) is 11.4. The fourth-order valence-electron chi connectivity index (χ4n) is 3.15. The molecule has 5 nitrogen and oxygen atoms in total. The topological polar surface area (TPSA) is 53.5 Å². The Balaban J connectivity index is 1.88. The van der Waals surface area contributed by atoms with Gasteiger partial charge in [0, 0.05) is 31.4 Å². The molecule has 2 unspecified atom stereocenters. The number of hydrogen-bond acceptors (Lipinski definition) is 4. The van der Waals surface area contributed by atoms with Gasteiger partial charge < -0.3 is 0 Å². The van der Waals surface area contributed by atoms with E-state index in [-0.39, 0.29) is 10.9 Å². The first-order valence-corrected chi connectivity index (χ1v) is 8.68. The molecule has 0 bridgehead atoms. The van der Waals surface area contributed by atoms with Gasteiger partial charge in [0.1, 0.15) is 10.0 Å². The van der Waals surface area contributed by atoms with Gasteiger partial charge in [-0.25, -0.2) is 13.4 Å². The van der Waals surface area contributed by atoms with Gasteiger partial charge in [0.2, 0.25) is 10.0 Å². The van der Waals surface area contributed by atoms with Crippen LogP contribution < -0.4 is 0 Å². The van der Waals surface area contributed by atoms with Crippen LogP contribution in [0.2, 0.25) is 5.15 Å². The lowest BCUT2D eigenvalue weighted by Gasteiger charge is -2.41. The van der Waals surface area contributed by atoms with Gasteiger partial charge in [0.15, 0.2) is 0 Å². The van der Waals surface area contributed by atoms with E-state index in [1.165, 1.54) is 18.3 Å². The minimum Gasteiger partial charge on any atom is -0.297 e. The number of fused-ring (bicyclic) bond motifs is 1. The first-order chi connectivity index (χ1) is 9.48. The monoisotopic (exact) mass is 315 g/mol. The lowest BCUT2D eigenvalue weighted by Crippen LogP contribution is -2.56. The Kier molecular flexibility index (Phi) is 3.75. The molecule has 0 N–H and O–H groups in total. The molecule has 0 amide bonds. The van der Waals surface area contributed by atoms with Gasteiger partial charge in [0.25, 0.3) is 0 Å². The quantitative estimate of drug-likeness (QED) is 0.778. The number of rotatable bonds is 2. The molecule has 2 saturated heterocycles. The average molecular weight is 316 g/mol. The van der Waals surface area contributed by atoms with Gasteiger partial charge in [0.05, 0.1) is 0 Å². The third-order valence-corrected chi connectivity index (χ3v) is 6.37. The third-order valence-electron chi connectivity index (χ3n) is 4.19. The molecular weight excluding hydrogens is 298 g/mol. The molecule has 0 saturated carbocycles. The fraction of sp³-hybridized carbons (Fsp3) is 0.615. The summed E-state index contributed by atoms with van der Waals surface area (Å²) in [7, 11) is -3.48. The molecule has 3 heterocycles. The molecule has 1 aromatic rings. The number of hydrogen-bond donors (Lipinski definition) is 0. The molecule has 3 rings (SSSR count). The van der Waals surface area contributed by atoms with E-state index in [2.05, 4.69) is 9.88 Å². The summed E-state index contributed by atoms with van der Waals surface area (Å²) >= 11 is 5.72. The van der Waals surface area contributed by atoms with Gasteiger partial charge in [-0.1, -0.05) is 11.6 Å². The maximum absolute atomic E-state index is 12.7. The summed E-state index contributed by atoms with van der Waals surface area (Å²) in [5.41, 5.74) is 0. The smallest absolute Gasteiger partial charge is 0.244 e. The zero-order chi connectivity index (χ0) is 14.3. The molecule has 2 aliphatic heterocycles. The molecule has 20 heavy (non-hydrogen) atoms. The second-order valence-electron chi connectivity index (χ2n) is 5.53. The highest BCUT2D eigenvalue weighted by atomic mass is 35.5. The van der Waals surface area contributed by atoms with Crippen LogP contribution in [-0.2, 0) is 10.0 Å². The molecule has 0 radical (unpaired) electrons. The van der Waals surface area contributed by atoms with Gasteiger partial charge >= 0.3 is 0 Å². The second kappa shape index (κ2) is 5.26. The largest absolute Gasteiger partial charge is 0.297 e. The Morgan fingerprint density at radius 2 is 2.15 bits per heavy atom. The van der Waals surface area contributed by atoms with Gasteiger partial charge in [-0.15, -0.1) is 0 Å². The van der Waals surface area contributed by atoms with Crippen LogP contribution in [-0.4, -0.2) is 54.3 Å². The number of pyridine rings is 1. The van der Waals surface area contributed by atoms with Crippen molar-refractivity contribution in [3.63, 3.8) is 0 Å². The van der Waals surface area contributed by atoms with Crippen LogP contribution in [0.4, 0.5) is 0 Å². The van der Waals surface area contributed by atoms with Gasteiger partial charge in [-0.3, -0.25) is 4.90 Å². The van der Waals surface area contributed by atoms with Crippen molar-refractivity contribution in [2.45, 2.75) is 36.7 Å². The van der Waals surface area contributed by atoms with Crippen LogP contribution in [0.1, 0.15) is 19.8 Å². The maximum atomic E-state index is 12.7. The highest BCUT2D eigenvalue weighted by molar-refractivity contribution is 7.89. The van der Waals surface area contributed by atoms with E-state index in [1.54, 1.807) is 4.31 Å². The summed E-state index contributed by atoms with van der Waals surface area (Å²) in [6.45, 7) is 4.44. The maximum Gasteiger partial charge on any atom is 0.244 e. The van der Waals surface area contributed by atoms with Crippen LogP contribution in [0, 0.1) is 0 Å². The van der Waals surface area contributed by atoms with Crippen molar-refractivity contribution >= 4 is 21.6 Å². The first kappa shape index (κ1) is 14.3. The van der Waals surface area contributed by atoms with Crippen LogP contribution in [0.3, 0.4) is 0 Å². The van der Waals surface area contributed by atoms with Crippen molar-refractivity contribution in [2.75, 3.05) is 19.6 Å². The Morgan fingerprint density at radius 3 is 2.85 bits per heavy atom. The highest BCUT2D eigenvalue weighted by Crippen LogP contribution is 2.28. The summed E-state index contributed by atoms with van der Waals surface area (Å²) in [5.74, 6) is 0. The number of halogens is 1. The first-order valence-electron chi connectivity index (χ1n) is 6.86. The molecule has 1 aromatic heterocycles. The van der Waals surface area contributed by atoms with Crippen molar-refractivity contribution < 1.29 is 8.42 Å². The summed E-state index contributed by atoms with van der Waals surface area (Å²) in [6.07, 6.45) is 3.58. The molecule has 2 atom stereocenters. The number of piperazine rings is 1. The van der Waals surface area contributed by atoms with E-state index in [9.17, 15) is 8.42 Å². The average Bonchev–Trinajstić information content (AvgIpc) is 2.85. The normalized spacial score (nSPS) is 28.5. The van der Waals surface area contributed by atoms with E-state index in [0.717, 1.165) is 25.9 Å². The van der Waals surface area contributed by atoms with E-state index in [1.807, 2.05) is 6.92 Å². The van der Waals surface area contributed by atoms with E-state index >= 15 is 0 Å². The lowest BCUT2D eigenvalue weighted by molar-refractivity contribution is 0.117. The number of aromatic nitrogens is 1. The molecule has 0 aliphatic carbocycles. The van der Waals surface area contributed by atoms with Crippen LogP contribution >= 0.6 is 11.6 Å². The summed E-state index contributed by atoms with van der Waals surface area (Å²) in [6, 6.07) is 3.40. The number of nitrogens with zero attached hydrogens (tertiary/aromatic N) is 3. The SMILES string of the molecule is CC1CN2CCCC2CN1S(=O)(=O)c1ccc(Cl)nc1. The van der Waals surface area contributed by atoms with Crippen molar-refractivity contribution in [1.29, 1.82) is 0 Å². The molecular formula is C13H18ClN3O2S. The van der Waals surface area contributed by atoms with Gasteiger partial charge in [-0.2, -0.15) is 4.31 Å². The summed E-state index contributed by atoms with van der Waals surface area (Å²) in [5, 5.41) is 0.303. The van der Waals surface area contributed by atoms with Gasteiger partial charge in [-0.05, 0) is 38.4 Å². The van der Waals surface area contributed by atoms with Crippen molar-refractivity contribution in [1.82, 2.24) is 14.2 Å². The summed E-state index contributed by atoms with van der Waals surface area (Å²) < 4.78 is 27.1. The Bertz CT molecular complexity index is 590. The van der Waals surface area contributed by atoms with Crippen LogP contribution in [0.5, 0.6) is 0 Å². The Hall–Kier alpha value is -0.690. The molecule has 0 aromatic carbocycles. The molecule has 2 fully saturated rings. The standard InChI is InChI=1S/C13H18ClN3O2S/c1-10-8-16-6-2-3-11(16)9-17(10)20(18,19)12-4-5-13(14)15-7-12/h4-5,7,10-11H,2-3,6,8-9H2,1H3. The Labute approximate surface area is 124 Å². The fourth-order valence-corrected chi connectivity index (χ4v) is 4.86. The van der Waals surface area contributed by atoms with Crippen LogP contribution in [0.15, 0.2) is 23.2 Å². The zero-order valence-corrected chi connectivity index (χ0v) is 12.9. The minimum absolute atomic E-state index is 0.00923. The third kappa shape index (κ3) is 2.45. The predicted molar refractivity (Wildman–Crippen MR) is 77.2 cm³/mol. The van der Waals surface area contributed by atoms with E-state index in [0.29, 0.717) is 17.7 Å². The summed E-state index contributed by atoms with van der Waals surface area (Å²) in [4.78, 5) is 6.50. The van der Waals surface area contributed by atoms with E-state index in [4.69, 9.17) is 11.6 Å². The van der Waals surface area contributed by atoms with E-state index < -0.39 is 10.0 Å². The van der Waals surface area contributed by atoms with Crippen LogP contribution in [0.25, 0.3) is 0 Å². The minimum atomic E-state index is -3.48. The molecule has 7 heteroatoms. The van der Waals surface area contributed by atoms with Crippen molar-refractivity contribution in [3.05, 3.63) is 23.5 Å². The molecule has 110 valence electrons. The van der Waals surface area contributed by atoms with Crippen molar-refractivity contribution in [2.24, 2.45) is 0 Å². The molecule has 2 aliphatic rings. The highest BCUT2D eigenvalue weighted by Gasteiger charge is 2.40. The molecule has 0 spiro atoms.